The number of thioether (sulfide) groups is 1. The highest BCUT2D eigenvalue weighted by molar-refractivity contribution is 8.00. The molecule has 0 aromatic heterocycles. The molecule has 3 rings (SSSR count). The summed E-state index contributed by atoms with van der Waals surface area (Å²) in [6.07, 6.45) is 1.02. The highest BCUT2D eigenvalue weighted by Crippen LogP contribution is 2.26. The van der Waals surface area contributed by atoms with Crippen LogP contribution in [0.3, 0.4) is 0 Å². The highest BCUT2D eigenvalue weighted by atomic mass is 35.5. The Bertz CT molecular complexity index is 708. The lowest BCUT2D eigenvalue weighted by Gasteiger charge is -2.24. The first-order valence-corrected chi connectivity index (χ1v) is 10.3. The molecule has 0 saturated carbocycles. The van der Waals surface area contributed by atoms with E-state index >= 15 is 0 Å². The molecule has 1 saturated heterocycles. The van der Waals surface area contributed by atoms with Gasteiger partial charge in [-0.2, -0.15) is 0 Å². The van der Waals surface area contributed by atoms with Crippen LogP contribution in [0.1, 0.15) is 18.9 Å². The van der Waals surface area contributed by atoms with Gasteiger partial charge in [-0.3, -0.25) is 9.69 Å². The van der Waals surface area contributed by atoms with Gasteiger partial charge in [0, 0.05) is 42.6 Å². The molecule has 2 aromatic rings. The van der Waals surface area contributed by atoms with E-state index in [0.29, 0.717) is 0 Å². The van der Waals surface area contributed by atoms with E-state index in [0.717, 1.165) is 49.1 Å². The Morgan fingerprint density at radius 1 is 1.04 bits per heavy atom. The van der Waals surface area contributed by atoms with E-state index in [4.69, 9.17) is 11.6 Å². The summed E-state index contributed by atoms with van der Waals surface area (Å²) in [5, 5.41) is 0.635. The van der Waals surface area contributed by atoms with Crippen molar-refractivity contribution in [2.24, 2.45) is 0 Å². The van der Waals surface area contributed by atoms with Crippen LogP contribution in [0.15, 0.2) is 59.5 Å². The summed E-state index contributed by atoms with van der Waals surface area (Å²) in [7, 11) is 0. The van der Waals surface area contributed by atoms with E-state index < -0.39 is 0 Å². The molecule has 1 unspecified atom stereocenters. The van der Waals surface area contributed by atoms with Gasteiger partial charge in [0.25, 0.3) is 0 Å². The third kappa shape index (κ3) is 5.50. The Hall–Kier alpha value is -1.49. The van der Waals surface area contributed by atoms with E-state index in [1.54, 1.807) is 11.8 Å². The Morgan fingerprint density at radius 3 is 2.50 bits per heavy atom. The number of nitrogens with zero attached hydrogens (tertiary/aromatic N) is 2. The molecule has 0 aliphatic carbocycles. The third-order valence-electron chi connectivity index (χ3n) is 4.62. The molecule has 0 spiro atoms. The van der Waals surface area contributed by atoms with E-state index in [9.17, 15) is 4.79 Å². The monoisotopic (exact) mass is 388 g/mol. The minimum Gasteiger partial charge on any atom is -0.340 e. The van der Waals surface area contributed by atoms with Crippen LogP contribution in [-0.2, 0) is 11.3 Å². The van der Waals surface area contributed by atoms with E-state index in [-0.39, 0.29) is 11.2 Å². The predicted octanol–water partition coefficient (Wildman–Crippen LogP) is 4.56. The van der Waals surface area contributed by atoms with Crippen molar-refractivity contribution in [3.63, 3.8) is 0 Å². The van der Waals surface area contributed by atoms with E-state index in [1.165, 1.54) is 5.56 Å². The SMILES string of the molecule is CC(Sc1ccc(Cl)cc1)C(=O)N1CCCN(Cc2ccccc2)CC1. The smallest absolute Gasteiger partial charge is 0.235 e. The third-order valence-corrected chi connectivity index (χ3v) is 5.97. The molecule has 1 aliphatic heterocycles. The van der Waals surface area contributed by atoms with Crippen molar-refractivity contribution in [2.45, 2.75) is 30.0 Å². The van der Waals surface area contributed by atoms with Crippen LogP contribution < -0.4 is 0 Å². The molecule has 1 heterocycles. The van der Waals surface area contributed by atoms with Crippen LogP contribution in [0.25, 0.3) is 0 Å². The highest BCUT2D eigenvalue weighted by Gasteiger charge is 2.24. The van der Waals surface area contributed by atoms with Gasteiger partial charge in [0.2, 0.25) is 5.91 Å². The fourth-order valence-electron chi connectivity index (χ4n) is 3.22. The first kappa shape index (κ1) is 19.3. The van der Waals surface area contributed by atoms with E-state index in [1.807, 2.05) is 42.2 Å². The lowest BCUT2D eigenvalue weighted by molar-refractivity contribution is -0.130. The number of rotatable bonds is 5. The Kier molecular flexibility index (Phi) is 7.00. The number of amides is 1. The quantitative estimate of drug-likeness (QED) is 0.702. The summed E-state index contributed by atoms with van der Waals surface area (Å²) in [5.74, 6) is 0.228. The Morgan fingerprint density at radius 2 is 1.77 bits per heavy atom. The molecule has 1 atom stereocenters. The van der Waals surface area contributed by atoms with E-state index in [2.05, 4.69) is 29.2 Å². The van der Waals surface area contributed by atoms with Crippen molar-refractivity contribution >= 4 is 29.3 Å². The van der Waals surface area contributed by atoms with Crippen molar-refractivity contribution in [1.82, 2.24) is 9.80 Å². The van der Waals surface area contributed by atoms with Crippen LogP contribution in [-0.4, -0.2) is 47.1 Å². The second-order valence-corrected chi connectivity index (χ2v) is 8.51. The molecule has 0 N–H and O–H groups in total. The van der Waals surface area contributed by atoms with Gasteiger partial charge in [-0.05, 0) is 43.2 Å². The van der Waals surface area contributed by atoms with Gasteiger partial charge in [-0.1, -0.05) is 41.9 Å². The van der Waals surface area contributed by atoms with Crippen LogP contribution in [0.2, 0.25) is 5.02 Å². The second-order valence-electron chi connectivity index (χ2n) is 6.65. The molecule has 0 radical (unpaired) electrons. The second kappa shape index (κ2) is 9.45. The van der Waals surface area contributed by atoms with Crippen molar-refractivity contribution in [1.29, 1.82) is 0 Å². The van der Waals surface area contributed by atoms with Crippen LogP contribution >= 0.6 is 23.4 Å². The molecule has 0 bridgehead atoms. The molecule has 3 nitrogen and oxygen atoms in total. The fraction of sp³-hybridized carbons (Fsp3) is 0.381. The largest absolute Gasteiger partial charge is 0.340 e. The number of carbonyl (C=O) groups is 1. The molecule has 1 fully saturated rings. The average Bonchev–Trinajstić information content (AvgIpc) is 2.89. The van der Waals surface area contributed by atoms with Crippen LogP contribution in [0.5, 0.6) is 0 Å². The normalized spacial score (nSPS) is 16.9. The molecular weight excluding hydrogens is 364 g/mol. The number of carbonyl (C=O) groups excluding carboxylic acids is 1. The van der Waals surface area contributed by atoms with Crippen molar-refractivity contribution < 1.29 is 4.79 Å². The molecule has 5 heteroatoms. The van der Waals surface area contributed by atoms with Gasteiger partial charge >= 0.3 is 0 Å². The molecule has 1 aliphatic rings. The number of halogens is 1. The zero-order valence-electron chi connectivity index (χ0n) is 15.1. The molecule has 2 aromatic carbocycles. The molecule has 138 valence electrons. The molecule has 1 amide bonds. The van der Waals surface area contributed by atoms with Crippen LogP contribution in [0.4, 0.5) is 0 Å². The predicted molar refractivity (Wildman–Crippen MR) is 110 cm³/mol. The zero-order valence-corrected chi connectivity index (χ0v) is 16.7. The lowest BCUT2D eigenvalue weighted by atomic mass is 10.2. The van der Waals surface area contributed by atoms with Gasteiger partial charge in [0.05, 0.1) is 5.25 Å². The van der Waals surface area contributed by atoms with Crippen molar-refractivity contribution in [2.75, 3.05) is 26.2 Å². The maximum Gasteiger partial charge on any atom is 0.235 e. The van der Waals surface area contributed by atoms with Gasteiger partial charge < -0.3 is 4.90 Å². The van der Waals surface area contributed by atoms with Gasteiger partial charge in [-0.25, -0.2) is 0 Å². The zero-order chi connectivity index (χ0) is 18.4. The minimum atomic E-state index is -0.0863. The summed E-state index contributed by atoms with van der Waals surface area (Å²) in [4.78, 5) is 18.4. The summed E-state index contributed by atoms with van der Waals surface area (Å²) in [5.41, 5.74) is 1.33. The minimum absolute atomic E-state index is 0.0863. The summed E-state index contributed by atoms with van der Waals surface area (Å²) >= 11 is 7.53. The summed E-state index contributed by atoms with van der Waals surface area (Å²) in [6, 6.07) is 18.2. The summed E-state index contributed by atoms with van der Waals surface area (Å²) in [6.45, 7) is 6.56. The fourth-order valence-corrected chi connectivity index (χ4v) is 4.29. The standard InChI is InChI=1S/C21H25ClN2OS/c1-17(26-20-10-8-19(22)9-11-20)21(25)24-13-5-12-23(14-15-24)16-18-6-3-2-4-7-18/h2-4,6-11,17H,5,12-16H2,1H3. The number of hydrogen-bond acceptors (Lipinski definition) is 3. The number of hydrogen-bond donors (Lipinski definition) is 0. The molecule has 26 heavy (non-hydrogen) atoms. The van der Waals surface area contributed by atoms with Crippen LogP contribution in [0, 0.1) is 0 Å². The van der Waals surface area contributed by atoms with Crippen molar-refractivity contribution in [3.8, 4) is 0 Å². The lowest BCUT2D eigenvalue weighted by Crippen LogP contribution is -2.39. The van der Waals surface area contributed by atoms with Crippen molar-refractivity contribution in [3.05, 3.63) is 65.2 Å². The maximum absolute atomic E-state index is 12.8. The topological polar surface area (TPSA) is 23.6 Å². The number of benzene rings is 2. The van der Waals surface area contributed by atoms with Gasteiger partial charge in [-0.15, -0.1) is 11.8 Å². The Balaban J connectivity index is 1.52. The average molecular weight is 389 g/mol. The first-order valence-electron chi connectivity index (χ1n) is 9.09. The first-order chi connectivity index (χ1) is 12.6. The maximum atomic E-state index is 12.8. The van der Waals surface area contributed by atoms with Gasteiger partial charge in [0.1, 0.15) is 0 Å². The Labute approximate surface area is 165 Å². The van der Waals surface area contributed by atoms with Gasteiger partial charge in [0.15, 0.2) is 0 Å². The molecular formula is C21H25ClN2OS. The summed E-state index contributed by atoms with van der Waals surface area (Å²) < 4.78 is 0.